The molecule has 0 aliphatic carbocycles. The van der Waals surface area contributed by atoms with Crippen molar-refractivity contribution in [1.82, 2.24) is 28.9 Å². The molecule has 160 valence electrons. The molecule has 1 aliphatic rings. The summed E-state index contributed by atoms with van der Waals surface area (Å²) in [7, 11) is -2.17. The summed E-state index contributed by atoms with van der Waals surface area (Å²) in [5.41, 5.74) is 1.23. The van der Waals surface area contributed by atoms with Crippen LogP contribution >= 0.6 is 11.6 Å². The lowest BCUT2D eigenvalue weighted by Crippen LogP contribution is -2.47. The predicted octanol–water partition coefficient (Wildman–Crippen LogP) is 1.43. The van der Waals surface area contributed by atoms with Crippen molar-refractivity contribution in [3.05, 3.63) is 47.8 Å². The van der Waals surface area contributed by atoms with E-state index in [0.29, 0.717) is 11.4 Å². The SMILES string of the molecule is Cc1nn(C)c(Cl)c1S(=O)(=O)N1CCOC(COc2ccc(-n3cncn3)cc2)C1. The second-order valence-electron chi connectivity index (χ2n) is 6.83. The number of nitrogens with zero attached hydrogens (tertiary/aromatic N) is 6. The van der Waals surface area contributed by atoms with Crippen molar-refractivity contribution >= 4 is 21.6 Å². The first kappa shape index (κ1) is 20.8. The zero-order valence-corrected chi connectivity index (χ0v) is 18.0. The maximum absolute atomic E-state index is 13.1. The first-order valence-corrected chi connectivity index (χ1v) is 11.1. The summed E-state index contributed by atoms with van der Waals surface area (Å²) in [5.74, 6) is 0.647. The molecule has 12 heteroatoms. The molecule has 3 heterocycles. The second-order valence-corrected chi connectivity index (χ2v) is 9.06. The number of benzene rings is 1. The third-order valence-corrected chi connectivity index (χ3v) is 7.32. The van der Waals surface area contributed by atoms with Crippen LogP contribution in [-0.2, 0) is 21.8 Å². The van der Waals surface area contributed by atoms with Gasteiger partial charge in [-0.25, -0.2) is 18.1 Å². The fraction of sp³-hybridized carbons (Fsp3) is 0.389. The van der Waals surface area contributed by atoms with E-state index in [2.05, 4.69) is 15.2 Å². The molecule has 1 saturated heterocycles. The van der Waals surface area contributed by atoms with E-state index in [1.54, 1.807) is 25.0 Å². The lowest BCUT2D eigenvalue weighted by molar-refractivity contribution is -0.0249. The average molecular weight is 453 g/mol. The van der Waals surface area contributed by atoms with Crippen molar-refractivity contribution < 1.29 is 17.9 Å². The van der Waals surface area contributed by atoms with Gasteiger partial charge in [-0.2, -0.15) is 14.5 Å². The number of ether oxygens (including phenoxy) is 2. The third kappa shape index (κ3) is 4.06. The Bertz CT molecular complexity index is 1110. The van der Waals surface area contributed by atoms with E-state index in [1.807, 2.05) is 24.3 Å². The summed E-state index contributed by atoms with van der Waals surface area (Å²) in [6.07, 6.45) is 2.67. The molecular weight excluding hydrogens is 432 g/mol. The van der Waals surface area contributed by atoms with Gasteiger partial charge in [-0.3, -0.25) is 4.68 Å². The molecule has 0 spiro atoms. The van der Waals surface area contributed by atoms with Crippen molar-refractivity contribution in [2.45, 2.75) is 17.9 Å². The maximum atomic E-state index is 13.1. The lowest BCUT2D eigenvalue weighted by Gasteiger charge is -2.32. The van der Waals surface area contributed by atoms with Gasteiger partial charge in [-0.05, 0) is 31.2 Å². The average Bonchev–Trinajstić information content (AvgIpc) is 3.35. The Kier molecular flexibility index (Phi) is 5.78. The molecule has 1 aromatic carbocycles. The van der Waals surface area contributed by atoms with Gasteiger partial charge in [-0.15, -0.1) is 0 Å². The number of aromatic nitrogens is 5. The van der Waals surface area contributed by atoms with Crippen LogP contribution in [0.4, 0.5) is 0 Å². The number of sulfonamides is 1. The third-order valence-electron chi connectivity index (χ3n) is 4.76. The number of halogens is 1. The Hall–Kier alpha value is -2.47. The van der Waals surface area contributed by atoms with Crippen LogP contribution in [0.3, 0.4) is 0 Å². The lowest BCUT2D eigenvalue weighted by atomic mass is 10.3. The molecule has 1 aliphatic heterocycles. The fourth-order valence-corrected chi connectivity index (χ4v) is 5.43. The topological polar surface area (TPSA) is 104 Å². The van der Waals surface area contributed by atoms with Gasteiger partial charge in [0.15, 0.2) is 0 Å². The van der Waals surface area contributed by atoms with Crippen LogP contribution in [0.5, 0.6) is 5.75 Å². The van der Waals surface area contributed by atoms with Gasteiger partial charge >= 0.3 is 0 Å². The molecule has 4 rings (SSSR count). The highest BCUT2D eigenvalue weighted by molar-refractivity contribution is 7.89. The van der Waals surface area contributed by atoms with Gasteiger partial charge < -0.3 is 9.47 Å². The molecule has 10 nitrogen and oxygen atoms in total. The predicted molar refractivity (Wildman–Crippen MR) is 108 cm³/mol. The van der Waals surface area contributed by atoms with Crippen molar-refractivity contribution in [2.24, 2.45) is 7.05 Å². The number of aryl methyl sites for hydroxylation is 2. The monoisotopic (exact) mass is 452 g/mol. The second kappa shape index (κ2) is 8.34. The number of morpholine rings is 1. The van der Waals surface area contributed by atoms with E-state index in [1.165, 1.54) is 15.3 Å². The van der Waals surface area contributed by atoms with Crippen molar-refractivity contribution in [3.8, 4) is 11.4 Å². The van der Waals surface area contributed by atoms with E-state index in [9.17, 15) is 8.42 Å². The highest BCUT2D eigenvalue weighted by Crippen LogP contribution is 2.28. The van der Waals surface area contributed by atoms with Crippen LogP contribution in [0, 0.1) is 6.92 Å². The summed E-state index contributed by atoms with van der Waals surface area (Å²) < 4.78 is 42.1. The molecule has 1 unspecified atom stereocenters. The highest BCUT2D eigenvalue weighted by atomic mass is 35.5. The molecule has 0 radical (unpaired) electrons. The summed E-state index contributed by atoms with van der Waals surface area (Å²) in [6.45, 7) is 2.53. The summed E-state index contributed by atoms with van der Waals surface area (Å²) in [5, 5.41) is 8.27. The number of hydrogen-bond donors (Lipinski definition) is 0. The van der Waals surface area contributed by atoms with E-state index in [0.717, 1.165) is 5.69 Å². The van der Waals surface area contributed by atoms with Gasteiger partial charge in [0.05, 0.1) is 18.0 Å². The van der Waals surface area contributed by atoms with Crippen LogP contribution in [0.25, 0.3) is 5.69 Å². The quantitative estimate of drug-likeness (QED) is 0.557. The Balaban J connectivity index is 1.40. The normalized spacial score (nSPS) is 17.9. The largest absolute Gasteiger partial charge is 0.491 e. The molecule has 3 aromatic rings. The van der Waals surface area contributed by atoms with E-state index in [-0.39, 0.29) is 36.4 Å². The Morgan fingerprint density at radius 1 is 1.30 bits per heavy atom. The van der Waals surface area contributed by atoms with Crippen molar-refractivity contribution in [2.75, 3.05) is 26.3 Å². The maximum Gasteiger partial charge on any atom is 0.248 e. The Labute approximate surface area is 179 Å². The summed E-state index contributed by atoms with van der Waals surface area (Å²) in [4.78, 5) is 3.96. The molecule has 0 N–H and O–H groups in total. The van der Waals surface area contributed by atoms with E-state index < -0.39 is 16.1 Å². The molecule has 0 bridgehead atoms. The molecule has 2 aromatic heterocycles. The zero-order chi connectivity index (χ0) is 21.3. The van der Waals surface area contributed by atoms with Crippen LogP contribution in [0.15, 0.2) is 41.8 Å². The Morgan fingerprint density at radius 2 is 2.07 bits per heavy atom. The minimum atomic E-state index is -3.78. The Morgan fingerprint density at radius 3 is 2.70 bits per heavy atom. The van der Waals surface area contributed by atoms with Gasteiger partial charge in [0.2, 0.25) is 10.0 Å². The highest BCUT2D eigenvalue weighted by Gasteiger charge is 2.35. The molecule has 0 saturated carbocycles. The summed E-state index contributed by atoms with van der Waals surface area (Å²) in [6, 6.07) is 7.34. The minimum absolute atomic E-state index is 0.0388. The van der Waals surface area contributed by atoms with Crippen molar-refractivity contribution in [1.29, 1.82) is 0 Å². The van der Waals surface area contributed by atoms with Crippen LogP contribution < -0.4 is 4.74 Å². The van der Waals surface area contributed by atoms with Crippen LogP contribution in [0.1, 0.15) is 5.69 Å². The standard InChI is InChI=1S/C18H21ClN6O4S/c1-13-17(18(19)23(2)22-13)30(26,27)24-7-8-28-16(9-24)10-29-15-5-3-14(4-6-15)25-12-20-11-21-25/h3-6,11-12,16H,7-10H2,1-2H3. The van der Waals surface area contributed by atoms with Gasteiger partial charge in [0.25, 0.3) is 0 Å². The van der Waals surface area contributed by atoms with Gasteiger partial charge in [-0.1, -0.05) is 11.6 Å². The van der Waals surface area contributed by atoms with Crippen LogP contribution in [0.2, 0.25) is 5.15 Å². The fourth-order valence-electron chi connectivity index (χ4n) is 3.27. The van der Waals surface area contributed by atoms with E-state index >= 15 is 0 Å². The van der Waals surface area contributed by atoms with Gasteiger partial charge in [0.1, 0.15) is 41.2 Å². The molecule has 0 amide bonds. The van der Waals surface area contributed by atoms with E-state index in [4.69, 9.17) is 21.1 Å². The molecule has 1 atom stereocenters. The van der Waals surface area contributed by atoms with Gasteiger partial charge in [0, 0.05) is 20.1 Å². The molecule has 1 fully saturated rings. The first-order valence-electron chi connectivity index (χ1n) is 9.25. The molecule has 30 heavy (non-hydrogen) atoms. The van der Waals surface area contributed by atoms with Crippen LogP contribution in [-0.4, -0.2) is 69.7 Å². The molecular formula is C18H21ClN6O4S. The minimum Gasteiger partial charge on any atom is -0.491 e. The number of rotatable bonds is 6. The van der Waals surface area contributed by atoms with Crippen molar-refractivity contribution in [3.63, 3.8) is 0 Å². The zero-order valence-electron chi connectivity index (χ0n) is 16.5. The number of hydrogen-bond acceptors (Lipinski definition) is 7. The first-order chi connectivity index (χ1) is 14.4. The smallest absolute Gasteiger partial charge is 0.248 e. The summed E-state index contributed by atoms with van der Waals surface area (Å²) >= 11 is 6.17.